The van der Waals surface area contributed by atoms with Crippen LogP contribution in [-0.2, 0) is 0 Å². The minimum atomic E-state index is -1.43. The van der Waals surface area contributed by atoms with Crippen LogP contribution >= 0.6 is 11.6 Å². The maximum absolute atomic E-state index is 12.5. The molecule has 1 aliphatic carbocycles. The molecule has 0 saturated heterocycles. The Labute approximate surface area is 139 Å². The molecule has 0 spiro atoms. The van der Waals surface area contributed by atoms with Gasteiger partial charge in [0, 0.05) is 11.1 Å². The first-order chi connectivity index (χ1) is 11.3. The molecule has 120 valence electrons. The van der Waals surface area contributed by atoms with Crippen molar-refractivity contribution in [3.05, 3.63) is 78.3 Å². The number of carbonyl (C=O) groups is 2. The van der Waals surface area contributed by atoms with Gasteiger partial charge in [0.25, 0.3) is 11.4 Å². The van der Waals surface area contributed by atoms with Crippen LogP contribution in [0.15, 0.2) is 36.4 Å². The smallest absolute Gasteiger partial charge is 0.293 e. The molecule has 0 N–H and O–H groups in total. The zero-order valence-corrected chi connectivity index (χ0v) is 12.5. The summed E-state index contributed by atoms with van der Waals surface area (Å²) in [5.41, 5.74) is -1.28. The molecule has 0 atom stereocenters. The number of Topliss-reactive ketones (excluding diaryl/α,β-unsaturated/α-hetero) is 2. The largest absolute Gasteiger partial charge is 0.294 e. The van der Waals surface area contributed by atoms with E-state index in [9.17, 15) is 29.8 Å². The molecule has 2 aromatic rings. The van der Waals surface area contributed by atoms with E-state index >= 15 is 0 Å². The predicted molar refractivity (Wildman–Crippen MR) is 82.6 cm³/mol. The third-order valence-electron chi connectivity index (χ3n) is 3.78. The average molecular weight is 347 g/mol. The van der Waals surface area contributed by atoms with E-state index in [0.717, 1.165) is 6.07 Å². The van der Waals surface area contributed by atoms with E-state index in [4.69, 9.17) is 11.6 Å². The first kappa shape index (κ1) is 15.8. The van der Waals surface area contributed by atoms with E-state index < -0.39 is 38.7 Å². The molecule has 8 nitrogen and oxygen atoms in total. The summed E-state index contributed by atoms with van der Waals surface area (Å²) in [6, 6.07) is 7.67. The summed E-state index contributed by atoms with van der Waals surface area (Å²) >= 11 is 5.80. The van der Waals surface area contributed by atoms with Gasteiger partial charge in [-0.25, -0.2) is 0 Å². The molecule has 9 heteroatoms. The van der Waals surface area contributed by atoms with Gasteiger partial charge in [0.2, 0.25) is 0 Å². The van der Waals surface area contributed by atoms with Crippen molar-refractivity contribution < 1.29 is 19.4 Å². The highest BCUT2D eigenvalue weighted by molar-refractivity contribution is 6.34. The van der Waals surface area contributed by atoms with Crippen molar-refractivity contribution in [2.75, 3.05) is 0 Å². The highest BCUT2D eigenvalue weighted by Crippen LogP contribution is 2.41. The van der Waals surface area contributed by atoms with E-state index in [2.05, 4.69) is 0 Å². The Hall–Kier alpha value is -3.13. The van der Waals surface area contributed by atoms with Gasteiger partial charge in [-0.1, -0.05) is 35.9 Å². The van der Waals surface area contributed by atoms with Crippen LogP contribution in [0.1, 0.15) is 32.2 Å². The highest BCUT2D eigenvalue weighted by Gasteiger charge is 2.43. The molecule has 0 unspecified atom stereocenters. The Morgan fingerprint density at radius 1 is 0.875 bits per heavy atom. The molecular formula is C15H7ClN2O6. The van der Waals surface area contributed by atoms with Crippen molar-refractivity contribution in [1.82, 2.24) is 0 Å². The van der Waals surface area contributed by atoms with Gasteiger partial charge in [-0.05, 0) is 6.07 Å². The summed E-state index contributed by atoms with van der Waals surface area (Å²) in [6.07, 6.45) is 0. The van der Waals surface area contributed by atoms with E-state index in [0.29, 0.717) is 6.07 Å². The lowest BCUT2D eigenvalue weighted by Gasteiger charge is -2.09. The van der Waals surface area contributed by atoms with Gasteiger partial charge < -0.3 is 0 Å². The fourth-order valence-electron chi connectivity index (χ4n) is 2.72. The lowest BCUT2D eigenvalue weighted by atomic mass is 9.92. The Balaban J connectivity index is 2.22. The summed E-state index contributed by atoms with van der Waals surface area (Å²) in [5, 5.41) is 21.8. The maximum atomic E-state index is 12.5. The van der Waals surface area contributed by atoms with Crippen molar-refractivity contribution >= 4 is 34.5 Å². The number of hydrogen-bond acceptors (Lipinski definition) is 6. The monoisotopic (exact) mass is 346 g/mol. The molecule has 1 aliphatic rings. The third kappa shape index (κ3) is 2.24. The lowest BCUT2D eigenvalue weighted by Crippen LogP contribution is -2.15. The number of nitro groups is 2. The van der Waals surface area contributed by atoms with E-state index in [1.165, 1.54) is 12.1 Å². The van der Waals surface area contributed by atoms with Gasteiger partial charge in [-0.15, -0.1) is 0 Å². The average Bonchev–Trinajstić information content (AvgIpc) is 2.78. The van der Waals surface area contributed by atoms with Crippen molar-refractivity contribution in [2.24, 2.45) is 0 Å². The first-order valence-corrected chi connectivity index (χ1v) is 7.00. The molecule has 2 aromatic carbocycles. The number of nitrogens with zero attached hydrogens (tertiary/aromatic N) is 2. The number of ketones is 2. The number of rotatable bonds is 3. The standard InChI is InChI=1S/C15H7ClN2O6/c16-10-5-9(11(17(21)22)6-12(10)18(23)24)13-14(19)7-3-1-2-4-8(7)15(13)20/h1-6,13H. The molecule has 0 aromatic heterocycles. The van der Waals surface area contributed by atoms with Crippen molar-refractivity contribution in [3.63, 3.8) is 0 Å². The van der Waals surface area contributed by atoms with Crippen LogP contribution in [0.3, 0.4) is 0 Å². The van der Waals surface area contributed by atoms with Crippen LogP contribution in [0.5, 0.6) is 0 Å². The topological polar surface area (TPSA) is 120 Å². The fourth-order valence-corrected chi connectivity index (χ4v) is 2.96. The maximum Gasteiger partial charge on any atom is 0.294 e. The number of benzene rings is 2. The molecule has 0 fully saturated rings. The molecule has 0 amide bonds. The lowest BCUT2D eigenvalue weighted by molar-refractivity contribution is -0.394. The zero-order chi connectivity index (χ0) is 17.6. The summed E-state index contributed by atoms with van der Waals surface area (Å²) in [6.45, 7) is 0. The van der Waals surface area contributed by atoms with Gasteiger partial charge in [0.05, 0.1) is 21.5 Å². The Kier molecular flexibility index (Phi) is 3.61. The minimum Gasteiger partial charge on any atom is -0.293 e. The van der Waals surface area contributed by atoms with E-state index in [-0.39, 0.29) is 21.7 Å². The fraction of sp³-hybridized carbons (Fsp3) is 0.0667. The number of nitro benzene ring substituents is 2. The third-order valence-corrected chi connectivity index (χ3v) is 4.09. The Morgan fingerprint density at radius 3 is 1.83 bits per heavy atom. The first-order valence-electron chi connectivity index (χ1n) is 6.62. The van der Waals surface area contributed by atoms with E-state index in [1.54, 1.807) is 12.1 Å². The van der Waals surface area contributed by atoms with Gasteiger partial charge in [-0.2, -0.15) is 0 Å². The molecule has 0 heterocycles. The second-order valence-electron chi connectivity index (χ2n) is 5.08. The van der Waals surface area contributed by atoms with Gasteiger partial charge >= 0.3 is 0 Å². The zero-order valence-electron chi connectivity index (χ0n) is 11.8. The number of hydrogen-bond donors (Lipinski definition) is 0. The quantitative estimate of drug-likeness (QED) is 0.477. The molecule has 24 heavy (non-hydrogen) atoms. The van der Waals surface area contributed by atoms with Crippen LogP contribution in [-0.4, -0.2) is 21.4 Å². The Morgan fingerprint density at radius 2 is 1.38 bits per heavy atom. The van der Waals surface area contributed by atoms with E-state index in [1.807, 2.05) is 0 Å². The Bertz CT molecular complexity index is 905. The van der Waals surface area contributed by atoms with Crippen molar-refractivity contribution in [3.8, 4) is 0 Å². The predicted octanol–water partition coefficient (Wildman–Crippen LogP) is 3.32. The summed E-state index contributed by atoms with van der Waals surface area (Å²) in [7, 11) is 0. The number of carbonyl (C=O) groups excluding carboxylic acids is 2. The minimum absolute atomic E-state index is 0.163. The van der Waals surface area contributed by atoms with Crippen LogP contribution in [0.25, 0.3) is 0 Å². The van der Waals surface area contributed by atoms with Crippen LogP contribution in [0.4, 0.5) is 11.4 Å². The van der Waals surface area contributed by atoms with Gasteiger partial charge in [0.1, 0.15) is 10.9 Å². The van der Waals surface area contributed by atoms with Crippen LogP contribution < -0.4 is 0 Å². The number of fused-ring (bicyclic) bond motifs is 1. The van der Waals surface area contributed by atoms with Gasteiger partial charge in [0.15, 0.2) is 11.6 Å². The summed E-state index contributed by atoms with van der Waals surface area (Å²) < 4.78 is 0. The molecule has 0 radical (unpaired) electrons. The SMILES string of the molecule is O=C1c2ccccc2C(=O)C1c1cc(Cl)c([N+](=O)[O-])cc1[N+](=O)[O-]. The van der Waals surface area contributed by atoms with Crippen molar-refractivity contribution in [2.45, 2.75) is 5.92 Å². The summed E-state index contributed by atoms with van der Waals surface area (Å²) in [5.74, 6) is -2.62. The normalized spacial score (nSPS) is 13.9. The number of halogens is 1. The molecule has 0 aliphatic heterocycles. The van der Waals surface area contributed by atoms with Crippen LogP contribution in [0.2, 0.25) is 5.02 Å². The van der Waals surface area contributed by atoms with Gasteiger partial charge in [-0.3, -0.25) is 29.8 Å². The molecule has 0 saturated carbocycles. The summed E-state index contributed by atoms with van der Waals surface area (Å²) in [4.78, 5) is 45.4. The molecule has 3 rings (SSSR count). The second-order valence-corrected chi connectivity index (χ2v) is 5.49. The van der Waals surface area contributed by atoms with Crippen LogP contribution in [0, 0.1) is 20.2 Å². The molecule has 0 bridgehead atoms. The van der Waals surface area contributed by atoms with Crippen molar-refractivity contribution in [1.29, 1.82) is 0 Å². The highest BCUT2D eigenvalue weighted by atomic mass is 35.5. The molecular weight excluding hydrogens is 340 g/mol. The second kappa shape index (κ2) is 5.50.